The van der Waals surface area contributed by atoms with E-state index in [1.165, 1.54) is 21.2 Å². The van der Waals surface area contributed by atoms with E-state index >= 15 is 0 Å². The first-order chi connectivity index (χ1) is 18.3. The minimum Gasteiger partial charge on any atom is -0.341 e. The van der Waals surface area contributed by atoms with Gasteiger partial charge in [0.25, 0.3) is 0 Å². The molecule has 38 heavy (non-hydrogen) atoms. The molecule has 0 aliphatic carbocycles. The van der Waals surface area contributed by atoms with Crippen molar-refractivity contribution in [3.63, 3.8) is 0 Å². The Kier molecular flexibility index (Phi) is 7.00. The fraction of sp³-hybridized carbons (Fsp3) is 0.333. The highest BCUT2D eigenvalue weighted by atomic mass is 79.9. The molecule has 7 nitrogen and oxygen atoms in total. The van der Waals surface area contributed by atoms with Gasteiger partial charge in [-0.25, -0.2) is 4.90 Å². The van der Waals surface area contributed by atoms with Crippen molar-refractivity contribution in [2.45, 2.75) is 42.0 Å². The van der Waals surface area contributed by atoms with E-state index in [0.29, 0.717) is 28.8 Å². The topological polar surface area (TPSA) is 79.7 Å². The van der Waals surface area contributed by atoms with Crippen molar-refractivity contribution >= 4 is 74.0 Å². The standard InChI is InChI=1S/C27H23BrClN3O4S2/c28-16-6-4-5-15(13-16)20-21-22(25(35)32(24(21)34)18-9-7-17(29)8-10-18)37-26-23(20)38-27(36)31(26)14-19(33)30-11-2-1-3-12-30/h4-10,13,20-22H,1-3,11-12,14H2. The third-order valence-corrected chi connectivity index (χ3v) is 10.7. The molecule has 2 saturated heterocycles. The lowest BCUT2D eigenvalue weighted by molar-refractivity contribution is -0.133. The Morgan fingerprint density at radius 2 is 1.74 bits per heavy atom. The summed E-state index contributed by atoms with van der Waals surface area (Å²) in [6, 6.07) is 14.3. The molecule has 0 bridgehead atoms. The van der Waals surface area contributed by atoms with E-state index < -0.39 is 17.1 Å². The number of fused-ring (bicyclic) bond motifs is 2. The maximum Gasteiger partial charge on any atom is 0.308 e. The zero-order valence-corrected chi connectivity index (χ0v) is 24.1. The maximum atomic E-state index is 13.9. The van der Waals surface area contributed by atoms with E-state index in [1.54, 1.807) is 24.3 Å². The Balaban J connectivity index is 1.44. The van der Waals surface area contributed by atoms with E-state index in [2.05, 4.69) is 15.9 Å². The molecule has 3 unspecified atom stereocenters. The maximum absolute atomic E-state index is 13.9. The van der Waals surface area contributed by atoms with E-state index in [1.807, 2.05) is 29.2 Å². The second-order valence-corrected chi connectivity index (χ2v) is 13.1. The number of nitrogens with zero attached hydrogens (tertiary/aromatic N) is 3. The number of rotatable bonds is 4. The number of carbonyl (C=O) groups is 3. The summed E-state index contributed by atoms with van der Waals surface area (Å²) in [5, 5.41) is 0.395. The number of imide groups is 1. The van der Waals surface area contributed by atoms with E-state index in [9.17, 15) is 19.2 Å². The van der Waals surface area contributed by atoms with Crippen molar-refractivity contribution in [1.82, 2.24) is 9.47 Å². The Bertz CT molecular complexity index is 1500. The summed E-state index contributed by atoms with van der Waals surface area (Å²) in [6.07, 6.45) is 3.02. The van der Waals surface area contributed by atoms with Crippen LogP contribution in [0.25, 0.3) is 0 Å². The summed E-state index contributed by atoms with van der Waals surface area (Å²) in [5.74, 6) is -1.90. The van der Waals surface area contributed by atoms with Crippen LogP contribution in [-0.4, -0.2) is 45.5 Å². The van der Waals surface area contributed by atoms with Crippen LogP contribution in [0, 0.1) is 5.92 Å². The molecule has 3 aliphatic rings. The lowest BCUT2D eigenvalue weighted by Crippen LogP contribution is -2.39. The van der Waals surface area contributed by atoms with E-state index in [0.717, 1.165) is 45.5 Å². The molecule has 0 N–H and O–H groups in total. The van der Waals surface area contributed by atoms with Crippen LogP contribution in [0.2, 0.25) is 5.02 Å². The predicted octanol–water partition coefficient (Wildman–Crippen LogP) is 5.13. The van der Waals surface area contributed by atoms with Gasteiger partial charge in [0.2, 0.25) is 17.7 Å². The highest BCUT2D eigenvalue weighted by Gasteiger charge is 2.56. The van der Waals surface area contributed by atoms with Crippen molar-refractivity contribution < 1.29 is 14.4 Å². The largest absolute Gasteiger partial charge is 0.341 e. The zero-order chi connectivity index (χ0) is 26.6. The molecule has 2 aromatic carbocycles. The number of thioether (sulfide) groups is 1. The van der Waals surface area contributed by atoms with Gasteiger partial charge in [-0.15, -0.1) is 0 Å². The van der Waals surface area contributed by atoms with Gasteiger partial charge in [-0.3, -0.25) is 23.7 Å². The summed E-state index contributed by atoms with van der Waals surface area (Å²) >= 11 is 11.9. The zero-order valence-electron chi connectivity index (χ0n) is 20.1. The van der Waals surface area contributed by atoms with Gasteiger partial charge in [0.15, 0.2) is 0 Å². The van der Waals surface area contributed by atoms with Gasteiger partial charge in [0.05, 0.1) is 16.6 Å². The second kappa shape index (κ2) is 10.3. The summed E-state index contributed by atoms with van der Waals surface area (Å²) in [4.78, 5) is 57.6. The second-order valence-electron chi connectivity index (χ2n) is 9.65. The van der Waals surface area contributed by atoms with E-state index in [-0.39, 0.29) is 29.1 Å². The number of benzene rings is 2. The Morgan fingerprint density at radius 1 is 1.00 bits per heavy atom. The summed E-state index contributed by atoms with van der Waals surface area (Å²) in [6.45, 7) is 1.33. The Morgan fingerprint density at radius 3 is 2.45 bits per heavy atom. The molecule has 2 fully saturated rings. The number of thiazole rings is 1. The number of likely N-dealkylation sites (tertiary alicyclic amines) is 1. The fourth-order valence-electron chi connectivity index (χ4n) is 5.54. The molecule has 196 valence electrons. The van der Waals surface area contributed by atoms with Crippen LogP contribution in [0.5, 0.6) is 0 Å². The quantitative estimate of drug-likeness (QED) is 0.373. The molecule has 0 saturated carbocycles. The average molecular weight is 633 g/mol. The number of amides is 3. The van der Waals surface area contributed by atoms with Gasteiger partial charge in [-0.05, 0) is 61.2 Å². The van der Waals surface area contributed by atoms with Crippen molar-refractivity contribution in [3.05, 3.63) is 78.1 Å². The van der Waals surface area contributed by atoms with Crippen LogP contribution in [0.1, 0.15) is 35.6 Å². The molecule has 11 heteroatoms. The molecule has 3 atom stereocenters. The predicted molar refractivity (Wildman–Crippen MR) is 152 cm³/mol. The summed E-state index contributed by atoms with van der Waals surface area (Å²) < 4.78 is 2.34. The smallest absolute Gasteiger partial charge is 0.308 e. The molecule has 0 spiro atoms. The van der Waals surface area contributed by atoms with Gasteiger partial charge in [-0.1, -0.05) is 62.8 Å². The monoisotopic (exact) mass is 631 g/mol. The van der Waals surface area contributed by atoms with Crippen LogP contribution in [0.4, 0.5) is 5.69 Å². The van der Waals surface area contributed by atoms with Gasteiger partial charge in [-0.2, -0.15) is 0 Å². The Hall–Kier alpha value is -2.40. The molecule has 4 heterocycles. The highest BCUT2D eigenvalue weighted by molar-refractivity contribution is 9.10. The third kappa shape index (κ3) is 4.45. The van der Waals surface area contributed by atoms with Crippen LogP contribution in [0.3, 0.4) is 0 Å². The van der Waals surface area contributed by atoms with Gasteiger partial charge < -0.3 is 4.90 Å². The SMILES string of the molecule is O=C(Cn1c2c(sc1=O)C(c1cccc(Br)c1)C1C(=O)N(c3ccc(Cl)cc3)C(=O)C1S2)N1CCCCC1. The van der Waals surface area contributed by atoms with Gasteiger partial charge >= 0.3 is 4.87 Å². The summed E-state index contributed by atoms with van der Waals surface area (Å²) in [5.41, 5.74) is 1.30. The van der Waals surface area contributed by atoms with E-state index in [4.69, 9.17) is 11.6 Å². The average Bonchev–Trinajstić information content (AvgIpc) is 3.36. The Labute approximate surface area is 240 Å². The molecule has 3 aliphatic heterocycles. The molecule has 3 aromatic rings. The summed E-state index contributed by atoms with van der Waals surface area (Å²) in [7, 11) is 0. The number of hydrogen-bond donors (Lipinski definition) is 0. The molecular weight excluding hydrogens is 610 g/mol. The van der Waals surface area contributed by atoms with Gasteiger partial charge in [0.1, 0.15) is 11.8 Å². The lowest BCUT2D eigenvalue weighted by atomic mass is 9.83. The number of aromatic nitrogens is 1. The molecule has 0 radical (unpaired) electrons. The van der Waals surface area contributed by atoms with Crippen LogP contribution >= 0.6 is 50.6 Å². The third-order valence-electron chi connectivity index (χ3n) is 7.34. The first kappa shape index (κ1) is 25.9. The van der Waals surface area contributed by atoms with Crippen LogP contribution in [-0.2, 0) is 20.9 Å². The first-order valence-corrected chi connectivity index (χ1v) is 15.3. The minimum atomic E-state index is -0.722. The lowest BCUT2D eigenvalue weighted by Gasteiger charge is -2.31. The first-order valence-electron chi connectivity index (χ1n) is 12.4. The van der Waals surface area contributed by atoms with Crippen molar-refractivity contribution in [2.75, 3.05) is 18.0 Å². The minimum absolute atomic E-state index is 0.0662. The van der Waals surface area contributed by atoms with Crippen molar-refractivity contribution in [1.29, 1.82) is 0 Å². The van der Waals surface area contributed by atoms with Crippen molar-refractivity contribution in [2.24, 2.45) is 5.92 Å². The molecular formula is C27H23BrClN3O4S2. The number of hydrogen-bond acceptors (Lipinski definition) is 6. The number of piperidine rings is 1. The molecule has 3 amide bonds. The highest BCUT2D eigenvalue weighted by Crippen LogP contribution is 2.54. The molecule has 6 rings (SSSR count). The van der Waals surface area contributed by atoms with Crippen molar-refractivity contribution in [3.8, 4) is 0 Å². The number of anilines is 1. The number of halogens is 2. The normalized spacial score (nSPS) is 22.9. The number of carbonyl (C=O) groups excluding carboxylic acids is 3. The fourth-order valence-corrected chi connectivity index (χ4v) is 8.85. The van der Waals surface area contributed by atoms with Crippen LogP contribution < -0.4 is 9.77 Å². The van der Waals surface area contributed by atoms with Gasteiger partial charge in [0, 0.05) is 33.4 Å². The molecule has 1 aromatic heterocycles. The van der Waals surface area contributed by atoms with Crippen LogP contribution in [0.15, 0.2) is 62.8 Å².